The van der Waals surface area contributed by atoms with E-state index in [2.05, 4.69) is 0 Å². The average molecular weight is 285 g/mol. The molecule has 0 saturated heterocycles. The number of nitrogens with one attached hydrogen (secondary N) is 1. The molecule has 1 amide bonds. The normalized spacial score (nSPS) is 10.1. The van der Waals surface area contributed by atoms with Gasteiger partial charge in [0.05, 0.1) is 0 Å². The fourth-order valence-corrected chi connectivity index (χ4v) is 0.903. The number of carbonyl (C=O) groups is 2. The topological polar surface area (TPSA) is 92.4 Å². The number of carbonyl (C=O) groups excluding carboxylic acids is 1. The van der Waals surface area contributed by atoms with Gasteiger partial charge < -0.3 is 5.11 Å². The number of aliphatic carboxylic acids is 1. The Morgan fingerprint density at radius 1 is 1.33 bits per heavy atom. The van der Waals surface area contributed by atoms with Crippen LogP contribution in [0.25, 0.3) is 0 Å². The summed E-state index contributed by atoms with van der Waals surface area (Å²) >= 11 is 5.63. The summed E-state index contributed by atoms with van der Waals surface area (Å²) in [6.45, 7) is 0. The number of hydrogen-bond donors (Lipinski definition) is 3. The van der Waals surface area contributed by atoms with Gasteiger partial charge in [0.1, 0.15) is 0 Å². The predicted molar refractivity (Wildman–Crippen MR) is 56.8 cm³/mol. The lowest BCUT2D eigenvalue weighted by Crippen LogP contribution is -2.29. The Morgan fingerprint density at radius 2 is 1.83 bits per heavy atom. The number of carboxylic acid groups (broad SMARTS) is 1. The van der Waals surface area contributed by atoms with Gasteiger partial charge in [0.15, 0.2) is 0 Å². The molecule has 0 saturated carbocycles. The number of benzene rings is 1. The smallest absolute Gasteiger partial charge is 0.475 e. The lowest BCUT2D eigenvalue weighted by Gasteiger charge is -1.97. The summed E-state index contributed by atoms with van der Waals surface area (Å²) in [5, 5.41) is 7.64. The molecule has 0 fully saturated rings. The second-order valence-corrected chi connectivity index (χ2v) is 3.22. The zero-order chi connectivity index (χ0) is 14.3. The molecule has 1 aromatic rings. The maximum atomic E-state index is 10.9. The number of rotatable bonds is 1. The fraction of sp³-hybridized carbons (Fsp3) is 0.111. The predicted octanol–water partition coefficient (Wildman–Crippen LogP) is 1.58. The van der Waals surface area contributed by atoms with Crippen molar-refractivity contribution in [2.24, 2.45) is 5.84 Å². The Labute approximate surface area is 104 Å². The average Bonchev–Trinajstić information content (AvgIpc) is 2.27. The van der Waals surface area contributed by atoms with Crippen molar-refractivity contribution in [1.29, 1.82) is 0 Å². The number of hydrazine groups is 1. The third-order valence-corrected chi connectivity index (χ3v) is 1.70. The third-order valence-electron chi connectivity index (χ3n) is 1.46. The van der Waals surface area contributed by atoms with Gasteiger partial charge in [0.2, 0.25) is 0 Å². The molecule has 0 bridgehead atoms. The molecule has 9 heteroatoms. The number of hydrogen-bond acceptors (Lipinski definition) is 3. The van der Waals surface area contributed by atoms with Gasteiger partial charge in [-0.1, -0.05) is 17.7 Å². The first-order valence-electron chi connectivity index (χ1n) is 4.25. The van der Waals surface area contributed by atoms with E-state index < -0.39 is 12.1 Å². The lowest BCUT2D eigenvalue weighted by atomic mass is 10.2. The molecule has 0 spiro atoms. The van der Waals surface area contributed by atoms with Gasteiger partial charge in [-0.3, -0.25) is 10.2 Å². The van der Waals surface area contributed by atoms with Gasteiger partial charge in [-0.05, 0) is 18.2 Å². The van der Waals surface area contributed by atoms with E-state index in [1.54, 1.807) is 24.3 Å². The van der Waals surface area contributed by atoms with E-state index in [1.807, 2.05) is 5.43 Å². The van der Waals surface area contributed by atoms with E-state index in [-0.39, 0.29) is 5.91 Å². The van der Waals surface area contributed by atoms with Crippen LogP contribution >= 0.6 is 11.6 Å². The molecule has 18 heavy (non-hydrogen) atoms. The van der Waals surface area contributed by atoms with Crippen molar-refractivity contribution < 1.29 is 27.9 Å². The monoisotopic (exact) mass is 284 g/mol. The van der Waals surface area contributed by atoms with Gasteiger partial charge in [0.25, 0.3) is 5.91 Å². The quantitative estimate of drug-likeness (QED) is 0.415. The molecule has 0 radical (unpaired) electrons. The van der Waals surface area contributed by atoms with Crippen molar-refractivity contribution in [3.8, 4) is 0 Å². The Morgan fingerprint density at radius 3 is 2.17 bits per heavy atom. The van der Waals surface area contributed by atoms with Crippen LogP contribution in [0, 0.1) is 0 Å². The molecule has 1 aromatic carbocycles. The molecule has 4 N–H and O–H groups in total. The second-order valence-electron chi connectivity index (χ2n) is 2.79. The fourth-order valence-electron chi connectivity index (χ4n) is 0.713. The molecular formula is C9H8ClF3N2O3. The molecule has 0 aliphatic carbocycles. The SMILES string of the molecule is NNC(=O)c1cccc(Cl)c1.O=C(O)C(F)(F)F. The highest BCUT2D eigenvalue weighted by Crippen LogP contribution is 2.13. The number of halogens is 4. The molecule has 0 heterocycles. The number of alkyl halides is 3. The summed E-state index contributed by atoms with van der Waals surface area (Å²) in [6.07, 6.45) is -5.08. The van der Waals surface area contributed by atoms with E-state index in [1.165, 1.54) is 0 Å². The van der Waals surface area contributed by atoms with E-state index in [4.69, 9.17) is 27.3 Å². The van der Waals surface area contributed by atoms with Crippen molar-refractivity contribution in [2.45, 2.75) is 6.18 Å². The number of amides is 1. The summed E-state index contributed by atoms with van der Waals surface area (Å²) in [5.41, 5.74) is 2.47. The van der Waals surface area contributed by atoms with Crippen molar-refractivity contribution in [3.63, 3.8) is 0 Å². The first-order chi connectivity index (χ1) is 8.18. The molecule has 5 nitrogen and oxygen atoms in total. The van der Waals surface area contributed by atoms with Crippen LogP contribution in [0.2, 0.25) is 5.02 Å². The number of carboxylic acids is 1. The van der Waals surface area contributed by atoms with Crippen LogP contribution in [0.15, 0.2) is 24.3 Å². The number of nitrogens with two attached hydrogens (primary N) is 1. The van der Waals surface area contributed by atoms with E-state index in [9.17, 15) is 18.0 Å². The van der Waals surface area contributed by atoms with E-state index in [0.717, 1.165) is 0 Å². The molecule has 100 valence electrons. The summed E-state index contributed by atoms with van der Waals surface area (Å²) in [4.78, 5) is 19.8. The van der Waals surface area contributed by atoms with Crippen molar-refractivity contribution in [2.75, 3.05) is 0 Å². The Bertz CT molecular complexity index is 437. The maximum Gasteiger partial charge on any atom is 0.490 e. The summed E-state index contributed by atoms with van der Waals surface area (Å²) in [7, 11) is 0. The van der Waals surface area contributed by atoms with Crippen molar-refractivity contribution in [3.05, 3.63) is 34.9 Å². The van der Waals surface area contributed by atoms with Gasteiger partial charge >= 0.3 is 12.1 Å². The summed E-state index contributed by atoms with van der Waals surface area (Å²) in [5.74, 6) is 1.81. The van der Waals surface area contributed by atoms with Crippen LogP contribution in [0.1, 0.15) is 10.4 Å². The summed E-state index contributed by atoms with van der Waals surface area (Å²) in [6, 6.07) is 6.56. The standard InChI is InChI=1S/C7H7ClN2O.C2HF3O2/c8-6-3-1-2-5(4-6)7(11)10-9;3-2(4,5)1(6)7/h1-4H,9H2,(H,10,11);(H,6,7). The minimum atomic E-state index is -5.08. The summed E-state index contributed by atoms with van der Waals surface area (Å²) < 4.78 is 31.7. The highest BCUT2D eigenvalue weighted by molar-refractivity contribution is 6.30. The van der Waals surface area contributed by atoms with E-state index in [0.29, 0.717) is 10.6 Å². The zero-order valence-corrected chi connectivity index (χ0v) is 9.42. The largest absolute Gasteiger partial charge is 0.490 e. The highest BCUT2D eigenvalue weighted by Gasteiger charge is 2.38. The van der Waals surface area contributed by atoms with Gasteiger partial charge in [-0.25, -0.2) is 10.6 Å². The van der Waals surface area contributed by atoms with Crippen LogP contribution in [-0.2, 0) is 4.79 Å². The molecule has 0 aromatic heterocycles. The first-order valence-corrected chi connectivity index (χ1v) is 4.63. The van der Waals surface area contributed by atoms with Crippen LogP contribution in [-0.4, -0.2) is 23.2 Å². The molecule has 0 aliphatic heterocycles. The third kappa shape index (κ3) is 6.06. The molecule has 0 unspecified atom stereocenters. The van der Waals surface area contributed by atoms with Crippen molar-refractivity contribution in [1.82, 2.24) is 5.43 Å². The zero-order valence-electron chi connectivity index (χ0n) is 8.66. The molecular weight excluding hydrogens is 277 g/mol. The molecule has 0 atom stereocenters. The van der Waals surface area contributed by atoms with Crippen LogP contribution in [0.5, 0.6) is 0 Å². The lowest BCUT2D eigenvalue weighted by molar-refractivity contribution is -0.192. The van der Waals surface area contributed by atoms with Crippen LogP contribution in [0.4, 0.5) is 13.2 Å². The highest BCUT2D eigenvalue weighted by atomic mass is 35.5. The van der Waals surface area contributed by atoms with Crippen LogP contribution in [0.3, 0.4) is 0 Å². The number of nitrogen functional groups attached to an aromatic ring is 1. The Kier molecular flexibility index (Phi) is 6.14. The molecule has 1 rings (SSSR count). The Balaban J connectivity index is 0.000000360. The van der Waals surface area contributed by atoms with Gasteiger partial charge in [-0.2, -0.15) is 13.2 Å². The molecule has 0 aliphatic rings. The minimum absolute atomic E-state index is 0.340. The van der Waals surface area contributed by atoms with Crippen LogP contribution < -0.4 is 11.3 Å². The Hall–Kier alpha value is -1.80. The van der Waals surface area contributed by atoms with Gasteiger partial charge in [-0.15, -0.1) is 0 Å². The second kappa shape index (κ2) is 6.82. The maximum absolute atomic E-state index is 10.9. The first kappa shape index (κ1) is 16.2. The minimum Gasteiger partial charge on any atom is -0.475 e. The van der Waals surface area contributed by atoms with Gasteiger partial charge in [0, 0.05) is 10.6 Å². The van der Waals surface area contributed by atoms with E-state index >= 15 is 0 Å². The van der Waals surface area contributed by atoms with Crippen molar-refractivity contribution >= 4 is 23.5 Å².